The fourth-order valence-electron chi connectivity index (χ4n) is 3.12. The number of hydrogen-bond donors (Lipinski definition) is 0. The lowest BCUT2D eigenvalue weighted by atomic mass is 9.91. The highest BCUT2D eigenvalue weighted by Gasteiger charge is 2.33. The summed E-state index contributed by atoms with van der Waals surface area (Å²) in [7, 11) is -2.07. The van der Waals surface area contributed by atoms with Gasteiger partial charge in [-0.15, -0.1) is 0 Å². The largest absolute Gasteiger partial charge is 0.497 e. The number of nitrogens with zero attached hydrogens (tertiary/aromatic N) is 1. The Morgan fingerprint density at radius 2 is 1.77 bits per heavy atom. The van der Waals surface area contributed by atoms with Gasteiger partial charge in [-0.3, -0.25) is 4.79 Å². The van der Waals surface area contributed by atoms with Crippen LogP contribution in [0.4, 0.5) is 0 Å². The summed E-state index contributed by atoms with van der Waals surface area (Å²) in [6, 6.07) is 13.0. The molecule has 1 aliphatic rings. The number of ketones is 1. The quantitative estimate of drug-likeness (QED) is 0.727. The van der Waals surface area contributed by atoms with Crippen LogP contribution in [0.2, 0.25) is 5.02 Å². The second kappa shape index (κ2) is 7.78. The second-order valence-corrected chi connectivity index (χ2v) is 8.62. The highest BCUT2D eigenvalue weighted by Crippen LogP contribution is 2.27. The number of hydrogen-bond acceptors (Lipinski definition) is 4. The van der Waals surface area contributed by atoms with Gasteiger partial charge in [0.2, 0.25) is 10.0 Å². The first-order chi connectivity index (χ1) is 12.4. The molecule has 1 atom stereocenters. The molecule has 0 aliphatic carbocycles. The summed E-state index contributed by atoms with van der Waals surface area (Å²) >= 11 is 5.84. The topological polar surface area (TPSA) is 63.7 Å². The standard InChI is InChI=1S/C19H20ClNO4S/c1-25-17-8-4-14(5-9-17)19(22)15-3-2-12-21(13-15)26(23,24)18-10-6-16(20)7-11-18/h4-11,15H,2-3,12-13H2,1H3. The van der Waals surface area contributed by atoms with E-state index in [0.717, 1.165) is 0 Å². The van der Waals surface area contributed by atoms with Crippen molar-refractivity contribution in [3.05, 3.63) is 59.1 Å². The third-order valence-electron chi connectivity index (χ3n) is 4.58. The van der Waals surface area contributed by atoms with E-state index in [1.165, 1.54) is 16.4 Å². The minimum Gasteiger partial charge on any atom is -0.497 e. The van der Waals surface area contributed by atoms with Crippen LogP contribution >= 0.6 is 11.6 Å². The van der Waals surface area contributed by atoms with Crippen molar-refractivity contribution >= 4 is 27.4 Å². The van der Waals surface area contributed by atoms with Crippen LogP contribution in [0, 0.1) is 5.92 Å². The zero-order chi connectivity index (χ0) is 18.7. The Hall–Kier alpha value is -1.89. The smallest absolute Gasteiger partial charge is 0.243 e. The number of carbonyl (C=O) groups is 1. The molecule has 0 bridgehead atoms. The van der Waals surface area contributed by atoms with E-state index in [1.807, 2.05) is 0 Å². The number of methoxy groups -OCH3 is 1. The lowest BCUT2D eigenvalue weighted by Gasteiger charge is -2.31. The van der Waals surface area contributed by atoms with Crippen molar-refractivity contribution in [1.82, 2.24) is 4.31 Å². The van der Waals surface area contributed by atoms with E-state index in [9.17, 15) is 13.2 Å². The van der Waals surface area contributed by atoms with Crippen molar-refractivity contribution in [3.8, 4) is 5.75 Å². The zero-order valence-corrected chi connectivity index (χ0v) is 16.0. The Balaban J connectivity index is 1.77. The summed E-state index contributed by atoms with van der Waals surface area (Å²) < 4.78 is 32.2. The third-order valence-corrected chi connectivity index (χ3v) is 6.71. The summed E-state index contributed by atoms with van der Waals surface area (Å²) in [5, 5.41) is 0.482. The van der Waals surface area contributed by atoms with Gasteiger partial charge in [0.05, 0.1) is 12.0 Å². The molecule has 0 saturated carbocycles. The normalized spacial score (nSPS) is 18.5. The molecule has 1 aliphatic heterocycles. The SMILES string of the molecule is COc1ccc(C(=O)C2CCCN(S(=O)(=O)c3ccc(Cl)cc3)C2)cc1. The number of benzene rings is 2. The number of piperidine rings is 1. The Morgan fingerprint density at radius 1 is 1.12 bits per heavy atom. The van der Waals surface area contributed by atoms with Gasteiger partial charge in [-0.1, -0.05) is 11.6 Å². The monoisotopic (exact) mass is 393 g/mol. The van der Waals surface area contributed by atoms with Gasteiger partial charge < -0.3 is 4.74 Å². The maximum absolute atomic E-state index is 12.8. The Kier molecular flexibility index (Phi) is 5.65. The average molecular weight is 394 g/mol. The lowest BCUT2D eigenvalue weighted by Crippen LogP contribution is -2.42. The molecule has 0 radical (unpaired) electrons. The minimum absolute atomic E-state index is 0.0383. The fraction of sp³-hybridized carbons (Fsp3) is 0.316. The van der Waals surface area contributed by atoms with E-state index in [2.05, 4.69) is 0 Å². The number of halogens is 1. The van der Waals surface area contributed by atoms with Crippen LogP contribution < -0.4 is 4.74 Å². The number of sulfonamides is 1. The van der Waals surface area contributed by atoms with Gasteiger partial charge in [0.15, 0.2) is 5.78 Å². The van der Waals surface area contributed by atoms with Crippen molar-refractivity contribution in [2.75, 3.05) is 20.2 Å². The van der Waals surface area contributed by atoms with Crippen LogP contribution in [0.15, 0.2) is 53.4 Å². The first-order valence-corrected chi connectivity index (χ1v) is 10.2. The van der Waals surface area contributed by atoms with Gasteiger partial charge in [0.1, 0.15) is 5.75 Å². The second-order valence-electron chi connectivity index (χ2n) is 6.25. The van der Waals surface area contributed by atoms with Gasteiger partial charge in [-0.2, -0.15) is 4.31 Å². The van der Waals surface area contributed by atoms with Gasteiger partial charge in [-0.05, 0) is 61.4 Å². The summed E-state index contributed by atoms with van der Waals surface area (Å²) in [6.07, 6.45) is 1.33. The fourth-order valence-corrected chi connectivity index (χ4v) is 4.77. The van der Waals surface area contributed by atoms with Crippen molar-refractivity contribution in [2.45, 2.75) is 17.7 Å². The number of ether oxygens (including phenoxy) is 1. The molecule has 2 aromatic carbocycles. The average Bonchev–Trinajstić information content (AvgIpc) is 2.68. The molecule has 26 heavy (non-hydrogen) atoms. The van der Waals surface area contributed by atoms with E-state index in [1.54, 1.807) is 43.5 Å². The summed E-state index contributed by atoms with van der Waals surface area (Å²) in [6.45, 7) is 0.604. The molecule has 7 heteroatoms. The highest BCUT2D eigenvalue weighted by atomic mass is 35.5. The molecule has 1 saturated heterocycles. The van der Waals surface area contributed by atoms with Gasteiger partial charge in [0, 0.05) is 29.6 Å². The molecule has 1 fully saturated rings. The minimum atomic E-state index is -3.64. The highest BCUT2D eigenvalue weighted by molar-refractivity contribution is 7.89. The molecule has 0 spiro atoms. The van der Waals surface area contributed by atoms with Crippen LogP contribution in [0.3, 0.4) is 0 Å². The molecule has 3 rings (SSSR count). The predicted molar refractivity (Wildman–Crippen MR) is 100 cm³/mol. The van der Waals surface area contributed by atoms with Gasteiger partial charge in [0.25, 0.3) is 0 Å². The third kappa shape index (κ3) is 3.92. The van der Waals surface area contributed by atoms with Crippen molar-refractivity contribution in [1.29, 1.82) is 0 Å². The number of Topliss-reactive ketones (excluding diaryl/α,β-unsaturated/α-hetero) is 1. The van der Waals surface area contributed by atoms with Crippen molar-refractivity contribution < 1.29 is 17.9 Å². The first-order valence-electron chi connectivity index (χ1n) is 8.36. The summed E-state index contributed by atoms with van der Waals surface area (Å²) in [5.74, 6) is 0.292. The van der Waals surface area contributed by atoms with E-state index in [-0.39, 0.29) is 23.1 Å². The van der Waals surface area contributed by atoms with E-state index in [0.29, 0.717) is 35.7 Å². The maximum Gasteiger partial charge on any atom is 0.243 e. The molecule has 2 aromatic rings. The molecule has 1 heterocycles. The molecule has 1 unspecified atom stereocenters. The Bertz CT molecular complexity index is 879. The Morgan fingerprint density at radius 3 is 2.38 bits per heavy atom. The lowest BCUT2D eigenvalue weighted by molar-refractivity contribution is 0.0872. The summed E-state index contributed by atoms with van der Waals surface area (Å²) in [4.78, 5) is 13.0. The zero-order valence-electron chi connectivity index (χ0n) is 14.4. The van der Waals surface area contributed by atoms with Crippen LogP contribution in [0.5, 0.6) is 5.75 Å². The molecule has 0 amide bonds. The van der Waals surface area contributed by atoms with E-state index >= 15 is 0 Å². The molecule has 0 aromatic heterocycles. The van der Waals surface area contributed by atoms with Crippen LogP contribution in [-0.2, 0) is 10.0 Å². The van der Waals surface area contributed by atoms with Gasteiger partial charge >= 0.3 is 0 Å². The summed E-state index contributed by atoms with van der Waals surface area (Å²) in [5.41, 5.74) is 0.571. The molecule has 138 valence electrons. The van der Waals surface area contributed by atoms with E-state index < -0.39 is 10.0 Å². The maximum atomic E-state index is 12.8. The first kappa shape index (κ1) is 18.9. The molecule has 0 N–H and O–H groups in total. The molecular weight excluding hydrogens is 374 g/mol. The number of carbonyl (C=O) groups excluding carboxylic acids is 1. The van der Waals surface area contributed by atoms with E-state index in [4.69, 9.17) is 16.3 Å². The van der Waals surface area contributed by atoms with Crippen molar-refractivity contribution in [3.63, 3.8) is 0 Å². The predicted octanol–water partition coefficient (Wildman–Crippen LogP) is 3.63. The molecular formula is C19H20ClNO4S. The van der Waals surface area contributed by atoms with Crippen LogP contribution in [0.25, 0.3) is 0 Å². The van der Waals surface area contributed by atoms with Crippen molar-refractivity contribution in [2.24, 2.45) is 5.92 Å². The molecule has 5 nitrogen and oxygen atoms in total. The van der Waals surface area contributed by atoms with Crippen LogP contribution in [-0.4, -0.2) is 38.7 Å². The van der Waals surface area contributed by atoms with Crippen LogP contribution in [0.1, 0.15) is 23.2 Å². The van der Waals surface area contributed by atoms with Gasteiger partial charge in [-0.25, -0.2) is 8.42 Å². The number of rotatable bonds is 5. The Labute approximate surface area is 158 Å².